The van der Waals surface area contributed by atoms with E-state index in [2.05, 4.69) is 42.6 Å². The van der Waals surface area contributed by atoms with E-state index in [1.807, 2.05) is 6.07 Å². The number of anilines is 1. The van der Waals surface area contributed by atoms with Crippen molar-refractivity contribution in [1.82, 2.24) is 0 Å². The van der Waals surface area contributed by atoms with Gasteiger partial charge in [-0.3, -0.25) is 0 Å². The van der Waals surface area contributed by atoms with Crippen molar-refractivity contribution in [3.05, 3.63) is 58.7 Å². The zero-order valence-electron chi connectivity index (χ0n) is 12.2. The molecular weight excluding hydrogens is 246 g/mol. The Morgan fingerprint density at radius 1 is 1.05 bits per heavy atom. The molecule has 20 heavy (non-hydrogen) atoms. The fourth-order valence-electron chi connectivity index (χ4n) is 2.89. The molecule has 0 spiro atoms. The third kappa shape index (κ3) is 2.64. The molecule has 1 aliphatic rings. The van der Waals surface area contributed by atoms with Crippen LogP contribution in [0.25, 0.3) is 0 Å². The Kier molecular flexibility index (Phi) is 3.64. The summed E-state index contributed by atoms with van der Waals surface area (Å²) in [6, 6.07) is 13.0. The maximum Gasteiger partial charge on any atom is 0.119 e. The molecule has 104 valence electrons. The normalized spacial score (nSPS) is 13.1. The number of aryl methyl sites for hydroxylation is 3. The Labute approximate surface area is 120 Å². The molecule has 0 aliphatic heterocycles. The first-order valence-corrected chi connectivity index (χ1v) is 7.25. The van der Waals surface area contributed by atoms with E-state index in [9.17, 15) is 0 Å². The van der Waals surface area contributed by atoms with Crippen molar-refractivity contribution in [2.75, 3.05) is 12.4 Å². The Morgan fingerprint density at radius 2 is 1.90 bits per heavy atom. The Hall–Kier alpha value is -1.96. The summed E-state index contributed by atoms with van der Waals surface area (Å²) in [6.45, 7) is 2.98. The molecule has 3 rings (SSSR count). The lowest BCUT2D eigenvalue weighted by atomic mass is 10.1. The van der Waals surface area contributed by atoms with Crippen LogP contribution in [0.3, 0.4) is 0 Å². The van der Waals surface area contributed by atoms with Crippen molar-refractivity contribution in [2.45, 2.75) is 32.7 Å². The molecule has 0 aromatic heterocycles. The summed E-state index contributed by atoms with van der Waals surface area (Å²) in [5.74, 6) is 0.908. The predicted octanol–water partition coefficient (Wildman–Crippen LogP) is 4.10. The SMILES string of the molecule is COc1ccc(NCc2ccc3c(c2)CCC3)c(C)c1. The lowest BCUT2D eigenvalue weighted by Gasteiger charge is -2.12. The number of rotatable bonds is 4. The monoisotopic (exact) mass is 267 g/mol. The number of methoxy groups -OCH3 is 1. The first kappa shape index (κ1) is 13.0. The Morgan fingerprint density at radius 3 is 2.70 bits per heavy atom. The highest BCUT2D eigenvalue weighted by atomic mass is 16.5. The van der Waals surface area contributed by atoms with Crippen molar-refractivity contribution in [3.63, 3.8) is 0 Å². The van der Waals surface area contributed by atoms with Crippen molar-refractivity contribution >= 4 is 5.69 Å². The van der Waals surface area contributed by atoms with Gasteiger partial charge in [-0.15, -0.1) is 0 Å². The Balaban J connectivity index is 1.70. The maximum atomic E-state index is 5.24. The summed E-state index contributed by atoms with van der Waals surface area (Å²) in [6.07, 6.45) is 3.80. The van der Waals surface area contributed by atoms with Gasteiger partial charge >= 0.3 is 0 Å². The van der Waals surface area contributed by atoms with Gasteiger partial charge in [0.2, 0.25) is 0 Å². The molecule has 0 atom stereocenters. The van der Waals surface area contributed by atoms with Gasteiger partial charge in [0, 0.05) is 12.2 Å². The summed E-state index contributed by atoms with van der Waals surface area (Å²) in [5, 5.41) is 3.52. The topological polar surface area (TPSA) is 21.3 Å². The van der Waals surface area contributed by atoms with E-state index < -0.39 is 0 Å². The van der Waals surface area contributed by atoms with E-state index in [0.29, 0.717) is 0 Å². The second-order valence-corrected chi connectivity index (χ2v) is 5.49. The van der Waals surface area contributed by atoms with Crippen LogP contribution in [-0.2, 0) is 19.4 Å². The highest BCUT2D eigenvalue weighted by Crippen LogP contribution is 2.24. The van der Waals surface area contributed by atoms with Crippen LogP contribution in [0, 0.1) is 6.92 Å². The molecule has 0 bridgehead atoms. The molecule has 2 heteroatoms. The molecule has 1 aliphatic carbocycles. The van der Waals surface area contributed by atoms with Gasteiger partial charge in [-0.2, -0.15) is 0 Å². The van der Waals surface area contributed by atoms with Gasteiger partial charge in [0.05, 0.1) is 7.11 Å². The number of nitrogens with one attached hydrogen (secondary N) is 1. The maximum absolute atomic E-state index is 5.24. The van der Waals surface area contributed by atoms with Gasteiger partial charge in [0.15, 0.2) is 0 Å². The molecule has 0 radical (unpaired) electrons. The summed E-state index contributed by atoms with van der Waals surface area (Å²) in [4.78, 5) is 0. The van der Waals surface area contributed by atoms with E-state index in [4.69, 9.17) is 4.74 Å². The fraction of sp³-hybridized carbons (Fsp3) is 0.333. The zero-order valence-corrected chi connectivity index (χ0v) is 12.2. The minimum absolute atomic E-state index is 0.875. The van der Waals surface area contributed by atoms with E-state index in [1.165, 1.54) is 47.2 Å². The van der Waals surface area contributed by atoms with Crippen LogP contribution in [0.15, 0.2) is 36.4 Å². The fourth-order valence-corrected chi connectivity index (χ4v) is 2.89. The average molecular weight is 267 g/mol. The van der Waals surface area contributed by atoms with Gasteiger partial charge in [-0.25, -0.2) is 0 Å². The first-order valence-electron chi connectivity index (χ1n) is 7.25. The van der Waals surface area contributed by atoms with Gasteiger partial charge < -0.3 is 10.1 Å². The van der Waals surface area contributed by atoms with Gasteiger partial charge in [-0.05, 0) is 66.6 Å². The molecule has 2 aromatic rings. The summed E-state index contributed by atoms with van der Waals surface area (Å²) in [7, 11) is 1.70. The number of fused-ring (bicyclic) bond motifs is 1. The molecule has 2 aromatic carbocycles. The lowest BCUT2D eigenvalue weighted by molar-refractivity contribution is 0.414. The molecule has 0 heterocycles. The standard InChI is InChI=1S/C18H21NO/c1-13-10-17(20-2)8-9-18(13)19-12-14-6-7-15-4-3-5-16(15)11-14/h6-11,19H,3-5,12H2,1-2H3. The van der Waals surface area contributed by atoms with Gasteiger partial charge in [0.25, 0.3) is 0 Å². The summed E-state index contributed by atoms with van der Waals surface area (Å²) in [5.41, 5.74) is 6.82. The van der Waals surface area contributed by atoms with E-state index in [-0.39, 0.29) is 0 Å². The van der Waals surface area contributed by atoms with Crippen molar-refractivity contribution in [1.29, 1.82) is 0 Å². The quantitative estimate of drug-likeness (QED) is 0.900. The first-order chi connectivity index (χ1) is 9.76. The van der Waals surface area contributed by atoms with E-state index in [0.717, 1.165) is 12.3 Å². The van der Waals surface area contributed by atoms with Crippen LogP contribution in [-0.4, -0.2) is 7.11 Å². The molecule has 1 N–H and O–H groups in total. The third-order valence-electron chi connectivity index (χ3n) is 4.08. The largest absolute Gasteiger partial charge is 0.497 e. The highest BCUT2D eigenvalue weighted by molar-refractivity contribution is 5.54. The third-order valence-corrected chi connectivity index (χ3v) is 4.08. The molecule has 0 saturated carbocycles. The highest BCUT2D eigenvalue weighted by Gasteiger charge is 2.10. The molecule has 0 saturated heterocycles. The van der Waals surface area contributed by atoms with Gasteiger partial charge in [-0.1, -0.05) is 18.2 Å². The minimum atomic E-state index is 0.875. The van der Waals surface area contributed by atoms with E-state index >= 15 is 0 Å². The summed E-state index contributed by atoms with van der Waals surface area (Å²) >= 11 is 0. The molecule has 0 fully saturated rings. The van der Waals surface area contributed by atoms with Gasteiger partial charge in [0.1, 0.15) is 5.75 Å². The second-order valence-electron chi connectivity index (χ2n) is 5.49. The van der Waals surface area contributed by atoms with E-state index in [1.54, 1.807) is 7.11 Å². The minimum Gasteiger partial charge on any atom is -0.497 e. The second kappa shape index (κ2) is 5.58. The van der Waals surface area contributed by atoms with Crippen molar-refractivity contribution in [2.24, 2.45) is 0 Å². The number of hydrogen-bond donors (Lipinski definition) is 1. The van der Waals surface area contributed by atoms with Crippen LogP contribution in [0.5, 0.6) is 5.75 Å². The van der Waals surface area contributed by atoms with Crippen molar-refractivity contribution in [3.8, 4) is 5.75 Å². The molecular formula is C18H21NO. The van der Waals surface area contributed by atoms with Crippen LogP contribution in [0.2, 0.25) is 0 Å². The van der Waals surface area contributed by atoms with Crippen LogP contribution in [0.1, 0.15) is 28.7 Å². The average Bonchev–Trinajstić information content (AvgIpc) is 2.93. The Bertz CT molecular complexity index is 619. The predicted molar refractivity (Wildman–Crippen MR) is 83.5 cm³/mol. The molecule has 0 unspecified atom stereocenters. The lowest BCUT2D eigenvalue weighted by Crippen LogP contribution is -2.02. The van der Waals surface area contributed by atoms with Crippen LogP contribution < -0.4 is 10.1 Å². The number of hydrogen-bond acceptors (Lipinski definition) is 2. The van der Waals surface area contributed by atoms with Crippen molar-refractivity contribution < 1.29 is 4.74 Å². The van der Waals surface area contributed by atoms with Crippen LogP contribution in [0.4, 0.5) is 5.69 Å². The molecule has 0 amide bonds. The summed E-state index contributed by atoms with van der Waals surface area (Å²) < 4.78 is 5.24. The zero-order chi connectivity index (χ0) is 13.9. The van der Waals surface area contributed by atoms with Crippen LogP contribution >= 0.6 is 0 Å². The smallest absolute Gasteiger partial charge is 0.119 e. The number of ether oxygens (including phenoxy) is 1. The number of benzene rings is 2. The molecule has 2 nitrogen and oxygen atoms in total.